The molecule has 1 unspecified atom stereocenters. The Balaban J connectivity index is 2.18. The number of rotatable bonds is 3. The zero-order valence-corrected chi connectivity index (χ0v) is 12.4. The summed E-state index contributed by atoms with van der Waals surface area (Å²) in [7, 11) is 0. The minimum absolute atomic E-state index is 0.205. The molecular formula is C14H10BrCl2F. The maximum absolute atomic E-state index is 12.8. The third-order valence-electron chi connectivity index (χ3n) is 2.62. The maximum Gasteiger partial charge on any atom is 0.123 e. The fourth-order valence-electron chi connectivity index (χ4n) is 1.69. The van der Waals surface area contributed by atoms with Crippen molar-refractivity contribution in [1.82, 2.24) is 0 Å². The topological polar surface area (TPSA) is 0 Å². The summed E-state index contributed by atoms with van der Waals surface area (Å²) < 4.78 is 13.7. The molecule has 0 nitrogen and oxygen atoms in total. The van der Waals surface area contributed by atoms with Crippen molar-refractivity contribution < 1.29 is 4.39 Å². The molecule has 0 aliphatic carbocycles. The average molecular weight is 348 g/mol. The third kappa shape index (κ3) is 3.47. The van der Waals surface area contributed by atoms with Gasteiger partial charge < -0.3 is 0 Å². The Morgan fingerprint density at radius 3 is 2.44 bits per heavy atom. The van der Waals surface area contributed by atoms with Gasteiger partial charge in [-0.15, -0.1) is 11.6 Å². The van der Waals surface area contributed by atoms with Crippen molar-refractivity contribution >= 4 is 39.1 Å². The van der Waals surface area contributed by atoms with Crippen LogP contribution in [0.3, 0.4) is 0 Å². The van der Waals surface area contributed by atoms with Gasteiger partial charge >= 0.3 is 0 Å². The third-order valence-corrected chi connectivity index (χ3v) is 3.97. The van der Waals surface area contributed by atoms with Crippen molar-refractivity contribution in [3.63, 3.8) is 0 Å². The summed E-state index contributed by atoms with van der Waals surface area (Å²) in [6.45, 7) is 0. The zero-order chi connectivity index (χ0) is 13.1. The molecule has 0 saturated carbocycles. The van der Waals surface area contributed by atoms with Gasteiger partial charge in [-0.25, -0.2) is 4.39 Å². The Morgan fingerprint density at radius 1 is 1.11 bits per heavy atom. The molecule has 2 aromatic rings. The van der Waals surface area contributed by atoms with Crippen molar-refractivity contribution in [3.8, 4) is 0 Å². The molecule has 0 spiro atoms. The van der Waals surface area contributed by atoms with Gasteiger partial charge in [-0.1, -0.05) is 39.7 Å². The summed E-state index contributed by atoms with van der Waals surface area (Å²) in [5.41, 5.74) is 1.93. The van der Waals surface area contributed by atoms with E-state index in [0.29, 0.717) is 11.4 Å². The number of halogens is 4. The molecule has 2 rings (SSSR count). The fraction of sp³-hybridized carbons (Fsp3) is 0.143. The van der Waals surface area contributed by atoms with Crippen molar-refractivity contribution in [2.75, 3.05) is 0 Å². The van der Waals surface area contributed by atoms with E-state index in [0.717, 1.165) is 15.6 Å². The highest BCUT2D eigenvalue weighted by molar-refractivity contribution is 9.10. The van der Waals surface area contributed by atoms with Gasteiger partial charge in [-0.3, -0.25) is 0 Å². The first-order valence-corrected chi connectivity index (χ1v) is 7.00. The Labute approximate surface area is 124 Å². The molecule has 2 aromatic carbocycles. The smallest absolute Gasteiger partial charge is 0.123 e. The molecule has 1 atom stereocenters. The summed E-state index contributed by atoms with van der Waals surface area (Å²) in [5.74, 6) is -0.242. The molecule has 0 heterocycles. The van der Waals surface area contributed by atoms with Gasteiger partial charge in [-0.05, 0) is 47.9 Å². The van der Waals surface area contributed by atoms with E-state index < -0.39 is 0 Å². The Kier molecular flexibility index (Phi) is 4.66. The highest BCUT2D eigenvalue weighted by atomic mass is 79.9. The second kappa shape index (κ2) is 6.05. The monoisotopic (exact) mass is 346 g/mol. The van der Waals surface area contributed by atoms with Crippen LogP contribution in [0, 0.1) is 5.82 Å². The zero-order valence-electron chi connectivity index (χ0n) is 9.34. The van der Waals surface area contributed by atoms with Gasteiger partial charge in [0.25, 0.3) is 0 Å². The minimum atomic E-state index is -0.242. The van der Waals surface area contributed by atoms with Crippen LogP contribution in [0.4, 0.5) is 4.39 Å². The van der Waals surface area contributed by atoms with Crippen molar-refractivity contribution in [3.05, 3.63) is 68.9 Å². The molecule has 0 N–H and O–H groups in total. The van der Waals surface area contributed by atoms with E-state index in [4.69, 9.17) is 23.2 Å². The van der Waals surface area contributed by atoms with Crippen LogP contribution in [-0.4, -0.2) is 0 Å². The Morgan fingerprint density at radius 2 is 1.78 bits per heavy atom. The summed E-state index contributed by atoms with van der Waals surface area (Å²) in [4.78, 5) is 0. The van der Waals surface area contributed by atoms with Gasteiger partial charge in [0, 0.05) is 9.50 Å². The van der Waals surface area contributed by atoms with E-state index in [-0.39, 0.29) is 11.2 Å². The standard InChI is InChI=1S/C14H10BrCl2F/c15-13-6-3-10(16)8-12(13)14(17)7-9-1-4-11(18)5-2-9/h1-6,8,14H,7H2. The quantitative estimate of drug-likeness (QED) is 0.619. The average Bonchev–Trinajstić information content (AvgIpc) is 2.35. The number of benzene rings is 2. The lowest BCUT2D eigenvalue weighted by Crippen LogP contribution is -1.97. The molecular weight excluding hydrogens is 338 g/mol. The highest BCUT2D eigenvalue weighted by Crippen LogP contribution is 2.32. The van der Waals surface area contributed by atoms with E-state index in [1.54, 1.807) is 18.2 Å². The van der Waals surface area contributed by atoms with Crippen molar-refractivity contribution in [2.45, 2.75) is 11.8 Å². The van der Waals surface area contributed by atoms with Crippen LogP contribution in [-0.2, 0) is 6.42 Å². The number of hydrogen-bond acceptors (Lipinski definition) is 0. The van der Waals surface area contributed by atoms with Crippen LogP contribution in [0.2, 0.25) is 5.02 Å². The van der Waals surface area contributed by atoms with Crippen LogP contribution < -0.4 is 0 Å². The van der Waals surface area contributed by atoms with Gasteiger partial charge in [-0.2, -0.15) is 0 Å². The van der Waals surface area contributed by atoms with Gasteiger partial charge in [0.15, 0.2) is 0 Å². The number of alkyl halides is 1. The Bertz CT molecular complexity index is 540. The molecule has 0 amide bonds. The predicted molar refractivity (Wildman–Crippen MR) is 77.9 cm³/mol. The van der Waals surface area contributed by atoms with E-state index >= 15 is 0 Å². The molecule has 0 aliphatic heterocycles. The molecule has 0 saturated heterocycles. The lowest BCUT2D eigenvalue weighted by atomic mass is 10.0. The second-order valence-electron chi connectivity index (χ2n) is 3.96. The van der Waals surface area contributed by atoms with Gasteiger partial charge in [0.1, 0.15) is 5.82 Å². The number of hydrogen-bond donors (Lipinski definition) is 0. The largest absolute Gasteiger partial charge is 0.207 e. The lowest BCUT2D eigenvalue weighted by molar-refractivity contribution is 0.627. The minimum Gasteiger partial charge on any atom is -0.207 e. The molecule has 0 aromatic heterocycles. The molecule has 0 fully saturated rings. The SMILES string of the molecule is Fc1ccc(CC(Cl)c2cc(Cl)ccc2Br)cc1. The van der Waals surface area contributed by atoms with E-state index in [9.17, 15) is 4.39 Å². The van der Waals surface area contributed by atoms with E-state index in [2.05, 4.69) is 15.9 Å². The van der Waals surface area contributed by atoms with E-state index in [1.165, 1.54) is 12.1 Å². The van der Waals surface area contributed by atoms with Gasteiger partial charge in [0.05, 0.1) is 5.38 Å². The summed E-state index contributed by atoms with van der Waals surface area (Å²) in [6.07, 6.45) is 0.626. The normalized spacial score (nSPS) is 12.4. The second-order valence-corrected chi connectivity index (χ2v) is 5.78. The van der Waals surface area contributed by atoms with Crippen LogP contribution in [0.15, 0.2) is 46.9 Å². The predicted octanol–water partition coefficient (Wildman–Crippen LogP) is 5.76. The van der Waals surface area contributed by atoms with Crippen molar-refractivity contribution in [1.29, 1.82) is 0 Å². The van der Waals surface area contributed by atoms with Crippen LogP contribution in [0.5, 0.6) is 0 Å². The molecule has 18 heavy (non-hydrogen) atoms. The lowest BCUT2D eigenvalue weighted by Gasteiger charge is -2.12. The van der Waals surface area contributed by atoms with Crippen LogP contribution in [0.25, 0.3) is 0 Å². The first-order valence-electron chi connectivity index (χ1n) is 5.40. The first kappa shape index (κ1) is 13.9. The van der Waals surface area contributed by atoms with Crippen molar-refractivity contribution in [2.24, 2.45) is 0 Å². The van der Waals surface area contributed by atoms with Crippen LogP contribution in [0.1, 0.15) is 16.5 Å². The summed E-state index contributed by atoms with van der Waals surface area (Å²) >= 11 is 15.8. The first-order chi connectivity index (χ1) is 8.56. The van der Waals surface area contributed by atoms with Gasteiger partial charge in [0.2, 0.25) is 0 Å². The van der Waals surface area contributed by atoms with E-state index in [1.807, 2.05) is 12.1 Å². The Hall–Kier alpha value is -0.570. The highest BCUT2D eigenvalue weighted by Gasteiger charge is 2.13. The molecule has 0 bridgehead atoms. The summed E-state index contributed by atoms with van der Waals surface area (Å²) in [5, 5.41) is 0.446. The fourth-order valence-corrected chi connectivity index (χ4v) is 2.89. The van der Waals surface area contributed by atoms with Crippen LogP contribution >= 0.6 is 39.1 Å². The molecule has 4 heteroatoms. The molecule has 94 valence electrons. The summed E-state index contributed by atoms with van der Waals surface area (Å²) in [6, 6.07) is 11.9. The maximum atomic E-state index is 12.8. The molecule has 0 aliphatic rings. The molecule has 0 radical (unpaired) electrons.